The van der Waals surface area contributed by atoms with E-state index in [1.165, 1.54) is 0 Å². The van der Waals surface area contributed by atoms with Crippen LogP contribution in [0.15, 0.2) is 0 Å². The molecule has 3 heteroatoms. The molecule has 0 heterocycles. The van der Waals surface area contributed by atoms with Gasteiger partial charge in [0.1, 0.15) is 4.32 Å². The van der Waals surface area contributed by atoms with Crippen molar-refractivity contribution in [2.24, 2.45) is 0 Å². The van der Waals surface area contributed by atoms with Crippen LogP contribution in [0.5, 0.6) is 0 Å². The van der Waals surface area contributed by atoms with Crippen molar-refractivity contribution in [1.82, 2.24) is 5.32 Å². The first kappa shape index (κ1) is 11.0. The number of hydrogen-bond acceptors (Lipinski definition) is 1. The Morgan fingerprint density at radius 1 is 1.31 bits per heavy atom. The molecule has 0 aliphatic heterocycles. The minimum absolute atomic E-state index is 0.125. The molecule has 1 fully saturated rings. The van der Waals surface area contributed by atoms with E-state index in [-0.39, 0.29) is 15.8 Å². The molecule has 1 aliphatic rings. The fourth-order valence-corrected chi connectivity index (χ4v) is 2.27. The van der Waals surface area contributed by atoms with Crippen molar-refractivity contribution in [3.8, 4) is 0 Å². The number of halogens is 1. The molecule has 0 unspecified atom stereocenters. The topological polar surface area (TPSA) is 29.1 Å². The van der Waals surface area contributed by atoms with Gasteiger partial charge in [-0.15, -0.1) is 0 Å². The predicted octanol–water partition coefficient (Wildman–Crippen LogP) is 2.61. The SMILES string of the molecule is CC(C)(C)NC(=O)C1(Br)CCCC1. The van der Waals surface area contributed by atoms with Crippen LogP contribution in [0.3, 0.4) is 0 Å². The fourth-order valence-electron chi connectivity index (χ4n) is 1.62. The Kier molecular flexibility index (Phi) is 3.05. The molecule has 0 bridgehead atoms. The molecule has 0 aromatic heterocycles. The maximum atomic E-state index is 11.8. The lowest BCUT2D eigenvalue weighted by atomic mass is 10.0. The van der Waals surface area contributed by atoms with Gasteiger partial charge in [-0.2, -0.15) is 0 Å². The Bertz CT molecular complexity index is 201. The lowest BCUT2D eigenvalue weighted by Crippen LogP contribution is -2.49. The smallest absolute Gasteiger partial charge is 0.237 e. The summed E-state index contributed by atoms with van der Waals surface area (Å²) in [4.78, 5) is 11.8. The molecule has 0 saturated heterocycles. The van der Waals surface area contributed by atoms with Crippen molar-refractivity contribution < 1.29 is 4.79 Å². The number of carbonyl (C=O) groups excluding carboxylic acids is 1. The minimum atomic E-state index is -0.277. The predicted molar refractivity (Wildman–Crippen MR) is 58.0 cm³/mol. The van der Waals surface area contributed by atoms with E-state index >= 15 is 0 Å². The lowest BCUT2D eigenvalue weighted by molar-refractivity contribution is -0.124. The molecule has 0 atom stereocenters. The van der Waals surface area contributed by atoms with Gasteiger partial charge in [-0.25, -0.2) is 0 Å². The first-order valence-corrected chi connectivity index (χ1v) is 5.64. The van der Waals surface area contributed by atoms with Crippen LogP contribution in [-0.2, 0) is 4.79 Å². The highest BCUT2D eigenvalue weighted by Gasteiger charge is 2.39. The van der Waals surface area contributed by atoms with Crippen LogP contribution in [0, 0.1) is 0 Å². The highest BCUT2D eigenvalue weighted by molar-refractivity contribution is 9.10. The van der Waals surface area contributed by atoms with E-state index in [0.29, 0.717) is 0 Å². The molecule has 1 aliphatic carbocycles. The first-order valence-electron chi connectivity index (χ1n) is 4.85. The van der Waals surface area contributed by atoms with Crippen LogP contribution >= 0.6 is 15.9 Å². The van der Waals surface area contributed by atoms with Gasteiger partial charge in [0.2, 0.25) is 5.91 Å². The molecule has 1 saturated carbocycles. The van der Waals surface area contributed by atoms with E-state index in [1.807, 2.05) is 20.8 Å². The molecule has 2 nitrogen and oxygen atoms in total. The normalized spacial score (nSPS) is 21.5. The van der Waals surface area contributed by atoms with Crippen molar-refractivity contribution in [2.75, 3.05) is 0 Å². The van der Waals surface area contributed by atoms with Crippen LogP contribution in [0.25, 0.3) is 0 Å². The lowest BCUT2D eigenvalue weighted by Gasteiger charge is -2.27. The molecule has 1 amide bonds. The summed E-state index contributed by atoms with van der Waals surface area (Å²) in [5, 5.41) is 3.02. The zero-order valence-corrected chi connectivity index (χ0v) is 10.2. The Morgan fingerprint density at radius 2 is 1.77 bits per heavy atom. The third kappa shape index (κ3) is 2.97. The molecule has 13 heavy (non-hydrogen) atoms. The van der Waals surface area contributed by atoms with Crippen molar-refractivity contribution in [3.05, 3.63) is 0 Å². The maximum absolute atomic E-state index is 11.8. The summed E-state index contributed by atoms with van der Waals surface area (Å²) in [6.45, 7) is 6.03. The van der Waals surface area contributed by atoms with Gasteiger partial charge in [0.15, 0.2) is 0 Å². The number of carbonyl (C=O) groups is 1. The zero-order valence-electron chi connectivity index (χ0n) is 8.61. The van der Waals surface area contributed by atoms with E-state index in [0.717, 1.165) is 25.7 Å². The quantitative estimate of drug-likeness (QED) is 0.710. The molecular formula is C10H18BrNO. The van der Waals surface area contributed by atoms with Gasteiger partial charge < -0.3 is 5.32 Å². The van der Waals surface area contributed by atoms with Gasteiger partial charge in [0, 0.05) is 5.54 Å². The summed E-state index contributed by atoms with van der Waals surface area (Å²) < 4.78 is -0.277. The second-order valence-electron chi connectivity index (χ2n) is 4.88. The van der Waals surface area contributed by atoms with Crippen molar-refractivity contribution >= 4 is 21.8 Å². The molecule has 1 rings (SSSR count). The summed E-state index contributed by atoms with van der Waals surface area (Å²) >= 11 is 3.55. The molecular weight excluding hydrogens is 230 g/mol. The second-order valence-corrected chi connectivity index (χ2v) is 6.39. The van der Waals surface area contributed by atoms with E-state index in [4.69, 9.17) is 0 Å². The molecule has 0 aromatic carbocycles. The Labute approximate surface area is 88.6 Å². The highest BCUT2D eigenvalue weighted by atomic mass is 79.9. The van der Waals surface area contributed by atoms with Crippen LogP contribution in [-0.4, -0.2) is 15.8 Å². The molecule has 0 radical (unpaired) electrons. The molecule has 0 spiro atoms. The number of nitrogens with one attached hydrogen (secondary N) is 1. The van der Waals surface area contributed by atoms with Gasteiger partial charge in [-0.05, 0) is 33.6 Å². The van der Waals surface area contributed by atoms with Crippen molar-refractivity contribution in [2.45, 2.75) is 56.3 Å². The van der Waals surface area contributed by atoms with Crippen LogP contribution in [0.1, 0.15) is 46.5 Å². The average Bonchev–Trinajstić information content (AvgIpc) is 2.33. The van der Waals surface area contributed by atoms with Crippen molar-refractivity contribution in [1.29, 1.82) is 0 Å². The number of amides is 1. The Morgan fingerprint density at radius 3 is 2.15 bits per heavy atom. The molecule has 0 aromatic rings. The average molecular weight is 248 g/mol. The first-order chi connectivity index (χ1) is 5.83. The van der Waals surface area contributed by atoms with Crippen LogP contribution in [0.2, 0.25) is 0 Å². The standard InChI is InChI=1S/C10H18BrNO/c1-9(2,3)12-8(13)10(11)6-4-5-7-10/h4-7H2,1-3H3,(H,12,13). The third-order valence-corrected chi connectivity index (χ3v) is 3.44. The van der Waals surface area contributed by atoms with E-state index < -0.39 is 0 Å². The van der Waals surface area contributed by atoms with Gasteiger partial charge >= 0.3 is 0 Å². The van der Waals surface area contributed by atoms with Gasteiger partial charge in [-0.3, -0.25) is 4.79 Å². The van der Waals surface area contributed by atoms with E-state index in [9.17, 15) is 4.79 Å². The zero-order chi connectivity index (χ0) is 10.1. The van der Waals surface area contributed by atoms with Crippen LogP contribution in [0.4, 0.5) is 0 Å². The monoisotopic (exact) mass is 247 g/mol. The van der Waals surface area contributed by atoms with E-state index in [2.05, 4.69) is 21.2 Å². The molecule has 1 N–H and O–H groups in total. The van der Waals surface area contributed by atoms with E-state index in [1.54, 1.807) is 0 Å². The largest absolute Gasteiger partial charge is 0.350 e. The minimum Gasteiger partial charge on any atom is -0.350 e. The summed E-state index contributed by atoms with van der Waals surface area (Å²) in [5.41, 5.74) is -0.125. The maximum Gasteiger partial charge on any atom is 0.237 e. The summed E-state index contributed by atoms with van der Waals surface area (Å²) in [5.74, 6) is 0.150. The summed E-state index contributed by atoms with van der Waals surface area (Å²) in [7, 11) is 0. The Hall–Kier alpha value is -0.0500. The second kappa shape index (κ2) is 3.60. The number of rotatable bonds is 1. The summed E-state index contributed by atoms with van der Waals surface area (Å²) in [6.07, 6.45) is 4.25. The third-order valence-electron chi connectivity index (χ3n) is 2.29. The van der Waals surface area contributed by atoms with Gasteiger partial charge in [-0.1, -0.05) is 28.8 Å². The van der Waals surface area contributed by atoms with Crippen LogP contribution < -0.4 is 5.32 Å². The van der Waals surface area contributed by atoms with Gasteiger partial charge in [0.25, 0.3) is 0 Å². The van der Waals surface area contributed by atoms with Gasteiger partial charge in [0.05, 0.1) is 0 Å². The molecule has 76 valence electrons. The number of hydrogen-bond donors (Lipinski definition) is 1. The van der Waals surface area contributed by atoms with Crippen molar-refractivity contribution in [3.63, 3.8) is 0 Å². The number of alkyl halides is 1. The highest BCUT2D eigenvalue weighted by Crippen LogP contribution is 2.37. The Balaban J connectivity index is 2.57. The summed E-state index contributed by atoms with van der Waals surface area (Å²) in [6, 6.07) is 0. The fraction of sp³-hybridized carbons (Fsp3) is 0.900.